The van der Waals surface area contributed by atoms with Gasteiger partial charge in [0.05, 0.1) is 18.9 Å². The zero-order chi connectivity index (χ0) is 16.4. The summed E-state index contributed by atoms with van der Waals surface area (Å²) in [7, 11) is 1.62. The molecule has 1 heterocycles. The number of benzene rings is 1. The highest BCUT2D eigenvalue weighted by Gasteiger charge is 2.47. The number of allylic oxidation sites excluding steroid dienone is 2. The van der Waals surface area contributed by atoms with Gasteiger partial charge >= 0.3 is 0 Å². The topological polar surface area (TPSA) is 58.6 Å². The Kier molecular flexibility index (Phi) is 4.57. The van der Waals surface area contributed by atoms with Crippen molar-refractivity contribution in [1.29, 1.82) is 0 Å². The first-order chi connectivity index (χ1) is 11.1. The minimum Gasteiger partial charge on any atom is -0.497 e. The van der Waals surface area contributed by atoms with Crippen LogP contribution in [0.4, 0.5) is 5.69 Å². The molecule has 0 radical (unpaired) electrons. The van der Waals surface area contributed by atoms with E-state index in [1.165, 1.54) is 4.90 Å². The number of fused-ring (bicyclic) bond motifs is 1. The Hall–Kier alpha value is -2.01. The summed E-state index contributed by atoms with van der Waals surface area (Å²) in [6.45, 7) is 0.888. The van der Waals surface area contributed by atoms with Gasteiger partial charge in [0.2, 0.25) is 11.8 Å². The summed E-state index contributed by atoms with van der Waals surface area (Å²) in [5, 5.41) is 3.90. The van der Waals surface area contributed by atoms with Crippen LogP contribution in [-0.2, 0) is 9.59 Å². The second-order valence-corrected chi connectivity index (χ2v) is 6.27. The standard InChI is InChI=1S/C17H19ClN2O3/c1-23-13-5-3-12(4-6-13)19-8-9-20-16(21)14-7-2-11(18)10-15(14)17(20)22/h2-6,14-15,19H,7-10H2,1H3/t14-,15+/m0/s1. The Morgan fingerprint density at radius 3 is 2.61 bits per heavy atom. The molecule has 2 aliphatic rings. The number of likely N-dealkylation sites (tertiary alicyclic amines) is 1. The number of hydrogen-bond acceptors (Lipinski definition) is 4. The number of carbonyl (C=O) groups excluding carboxylic acids is 2. The van der Waals surface area contributed by atoms with Crippen molar-refractivity contribution in [2.24, 2.45) is 11.8 Å². The molecule has 1 aromatic rings. The highest BCUT2D eigenvalue weighted by atomic mass is 35.5. The Labute approximate surface area is 140 Å². The van der Waals surface area contributed by atoms with Gasteiger partial charge in [0, 0.05) is 23.8 Å². The summed E-state index contributed by atoms with van der Waals surface area (Å²) in [6, 6.07) is 7.51. The van der Waals surface area contributed by atoms with E-state index in [0.29, 0.717) is 31.0 Å². The molecule has 1 aliphatic heterocycles. The SMILES string of the molecule is COc1ccc(NCCN2C(=O)[C@H]3CC=C(Cl)C[C@H]3C2=O)cc1. The third kappa shape index (κ3) is 3.20. The summed E-state index contributed by atoms with van der Waals surface area (Å²) in [5.74, 6) is 0.112. The number of ether oxygens (including phenoxy) is 1. The van der Waals surface area contributed by atoms with Crippen molar-refractivity contribution in [3.63, 3.8) is 0 Å². The fourth-order valence-corrected chi connectivity index (χ4v) is 3.39. The third-order valence-corrected chi connectivity index (χ3v) is 4.72. The predicted molar refractivity (Wildman–Crippen MR) is 88.4 cm³/mol. The van der Waals surface area contributed by atoms with Crippen LogP contribution in [0.5, 0.6) is 5.75 Å². The van der Waals surface area contributed by atoms with Gasteiger partial charge in [-0.3, -0.25) is 14.5 Å². The average molecular weight is 335 g/mol. The monoisotopic (exact) mass is 334 g/mol. The van der Waals surface area contributed by atoms with Crippen LogP contribution in [0.1, 0.15) is 12.8 Å². The second kappa shape index (κ2) is 6.62. The van der Waals surface area contributed by atoms with Gasteiger partial charge in [-0.25, -0.2) is 0 Å². The van der Waals surface area contributed by atoms with E-state index in [9.17, 15) is 9.59 Å². The molecule has 23 heavy (non-hydrogen) atoms. The predicted octanol–water partition coefficient (Wildman–Crippen LogP) is 2.62. The number of anilines is 1. The van der Waals surface area contributed by atoms with Gasteiger partial charge in [0.15, 0.2) is 0 Å². The van der Waals surface area contributed by atoms with Crippen molar-refractivity contribution in [1.82, 2.24) is 4.90 Å². The minimum absolute atomic E-state index is 0.0723. The van der Waals surface area contributed by atoms with Gasteiger partial charge in [-0.05, 0) is 37.1 Å². The first kappa shape index (κ1) is 15.9. The van der Waals surface area contributed by atoms with E-state index in [4.69, 9.17) is 16.3 Å². The van der Waals surface area contributed by atoms with Crippen LogP contribution in [0.3, 0.4) is 0 Å². The number of halogens is 1. The van der Waals surface area contributed by atoms with Crippen molar-refractivity contribution in [2.75, 3.05) is 25.5 Å². The van der Waals surface area contributed by atoms with Crippen molar-refractivity contribution in [2.45, 2.75) is 12.8 Å². The first-order valence-electron chi connectivity index (χ1n) is 7.68. The lowest BCUT2D eigenvalue weighted by atomic mass is 9.85. The number of carbonyl (C=O) groups is 2. The van der Waals surface area contributed by atoms with Crippen LogP contribution >= 0.6 is 11.6 Å². The molecule has 1 fully saturated rings. The smallest absolute Gasteiger partial charge is 0.233 e. The molecule has 1 aliphatic carbocycles. The largest absolute Gasteiger partial charge is 0.497 e. The van der Waals surface area contributed by atoms with E-state index in [0.717, 1.165) is 11.4 Å². The number of nitrogens with zero attached hydrogens (tertiary/aromatic N) is 1. The maximum atomic E-state index is 12.4. The molecule has 0 bridgehead atoms. The molecule has 0 saturated carbocycles. The maximum Gasteiger partial charge on any atom is 0.233 e. The second-order valence-electron chi connectivity index (χ2n) is 5.79. The number of hydrogen-bond donors (Lipinski definition) is 1. The van der Waals surface area contributed by atoms with E-state index >= 15 is 0 Å². The summed E-state index contributed by atoms with van der Waals surface area (Å²) in [4.78, 5) is 26.1. The highest BCUT2D eigenvalue weighted by molar-refractivity contribution is 6.30. The number of nitrogens with one attached hydrogen (secondary N) is 1. The Balaban J connectivity index is 1.56. The highest BCUT2D eigenvalue weighted by Crippen LogP contribution is 2.38. The van der Waals surface area contributed by atoms with Gasteiger partial charge in [-0.2, -0.15) is 0 Å². The fraction of sp³-hybridized carbons (Fsp3) is 0.412. The zero-order valence-electron chi connectivity index (χ0n) is 12.9. The fourth-order valence-electron chi connectivity index (χ4n) is 3.14. The van der Waals surface area contributed by atoms with Crippen LogP contribution in [0.2, 0.25) is 0 Å². The lowest BCUT2D eigenvalue weighted by Crippen LogP contribution is -2.35. The van der Waals surface area contributed by atoms with Crippen LogP contribution in [0, 0.1) is 11.8 Å². The van der Waals surface area contributed by atoms with Crippen molar-refractivity contribution >= 4 is 29.1 Å². The minimum atomic E-state index is -0.277. The Morgan fingerprint density at radius 2 is 1.91 bits per heavy atom. The maximum absolute atomic E-state index is 12.4. The molecule has 1 saturated heterocycles. The molecule has 1 aromatic carbocycles. The van der Waals surface area contributed by atoms with E-state index in [-0.39, 0.29) is 23.7 Å². The number of amides is 2. The van der Waals surface area contributed by atoms with Crippen molar-refractivity contribution < 1.29 is 14.3 Å². The zero-order valence-corrected chi connectivity index (χ0v) is 13.7. The average Bonchev–Trinajstić information content (AvgIpc) is 2.80. The normalized spacial score (nSPS) is 23.6. The Bertz CT molecular complexity index is 642. The van der Waals surface area contributed by atoms with Crippen LogP contribution in [0.25, 0.3) is 0 Å². The number of methoxy groups -OCH3 is 1. The van der Waals surface area contributed by atoms with Crippen molar-refractivity contribution in [3.05, 3.63) is 35.4 Å². The molecule has 1 N–H and O–H groups in total. The van der Waals surface area contributed by atoms with Crippen molar-refractivity contribution in [3.8, 4) is 5.75 Å². The molecule has 122 valence electrons. The molecule has 0 unspecified atom stereocenters. The van der Waals surface area contributed by atoms with Gasteiger partial charge in [-0.15, -0.1) is 0 Å². The first-order valence-corrected chi connectivity index (χ1v) is 8.05. The lowest BCUT2D eigenvalue weighted by molar-refractivity contribution is -0.139. The summed E-state index contributed by atoms with van der Waals surface area (Å²) in [5.41, 5.74) is 0.923. The molecule has 2 amide bonds. The van der Waals surface area contributed by atoms with E-state index in [1.807, 2.05) is 30.3 Å². The summed E-state index contributed by atoms with van der Waals surface area (Å²) < 4.78 is 5.10. The molecule has 5 nitrogen and oxygen atoms in total. The van der Waals surface area contributed by atoms with E-state index in [1.54, 1.807) is 7.11 Å². The lowest BCUT2D eigenvalue weighted by Gasteiger charge is -2.17. The molecule has 2 atom stereocenters. The van der Waals surface area contributed by atoms with Gasteiger partial charge in [0.25, 0.3) is 0 Å². The number of rotatable bonds is 5. The van der Waals surface area contributed by atoms with Gasteiger partial charge in [0.1, 0.15) is 5.75 Å². The third-order valence-electron chi connectivity index (χ3n) is 4.41. The molecule has 3 rings (SSSR count). The number of imide groups is 1. The van der Waals surface area contributed by atoms with E-state index < -0.39 is 0 Å². The van der Waals surface area contributed by atoms with Crippen LogP contribution < -0.4 is 10.1 Å². The van der Waals surface area contributed by atoms with E-state index in [2.05, 4.69) is 5.32 Å². The molecular formula is C17H19ClN2O3. The molecule has 0 spiro atoms. The Morgan fingerprint density at radius 1 is 1.22 bits per heavy atom. The van der Waals surface area contributed by atoms with Gasteiger partial charge in [-0.1, -0.05) is 17.7 Å². The molecule has 0 aromatic heterocycles. The summed E-state index contributed by atoms with van der Waals surface area (Å²) in [6.07, 6.45) is 2.91. The van der Waals surface area contributed by atoms with Crippen LogP contribution in [0.15, 0.2) is 35.4 Å². The van der Waals surface area contributed by atoms with Gasteiger partial charge < -0.3 is 10.1 Å². The molecule has 6 heteroatoms. The molecular weight excluding hydrogens is 316 g/mol. The summed E-state index contributed by atoms with van der Waals surface area (Å²) >= 11 is 6.01. The van der Waals surface area contributed by atoms with Crippen LogP contribution in [-0.4, -0.2) is 36.9 Å². The quantitative estimate of drug-likeness (QED) is 0.841.